The van der Waals surface area contributed by atoms with Gasteiger partial charge in [0.05, 0.1) is 17.7 Å². The van der Waals surface area contributed by atoms with E-state index >= 15 is 0 Å². The van der Waals surface area contributed by atoms with Crippen molar-refractivity contribution in [3.8, 4) is 0 Å². The third-order valence-corrected chi connectivity index (χ3v) is 8.12. The number of aliphatic hydroxyl groups is 1. The molecule has 0 radical (unpaired) electrons. The topological polar surface area (TPSA) is 134 Å². The standard InChI is InChI=1S/C30H33N5O5/c31-28(37)27-17-19-15-21(8-9-26(19)40-27)34-13-11-33(12-14-34)18-20-16-22(30(39)35-10-4-3-6-24(20)35)29(38)32-23-5-1-2-7-25(23)36/h3-4,6,8-10,15-17,23,25,36H,1-2,5,7,11-14,18H2,(H2,31,37)(H,32,38)/t23-,25-/m0/s1. The third-order valence-electron chi connectivity index (χ3n) is 8.12. The molecule has 3 aromatic heterocycles. The molecule has 4 aromatic rings. The third kappa shape index (κ3) is 5.07. The summed E-state index contributed by atoms with van der Waals surface area (Å²) in [5, 5.41) is 14.1. The molecule has 2 atom stereocenters. The molecule has 6 rings (SSSR count). The second-order valence-corrected chi connectivity index (χ2v) is 10.7. The van der Waals surface area contributed by atoms with Gasteiger partial charge in [0.15, 0.2) is 5.76 Å². The Morgan fingerprint density at radius 2 is 1.82 bits per heavy atom. The largest absolute Gasteiger partial charge is 0.451 e. The average molecular weight is 544 g/mol. The fourth-order valence-corrected chi connectivity index (χ4v) is 5.89. The summed E-state index contributed by atoms with van der Waals surface area (Å²) < 4.78 is 7.05. The number of hydrogen-bond acceptors (Lipinski definition) is 7. The number of pyridine rings is 2. The van der Waals surface area contributed by atoms with Crippen molar-refractivity contribution in [3.05, 3.63) is 82.0 Å². The van der Waals surface area contributed by atoms with Crippen molar-refractivity contribution in [2.75, 3.05) is 31.1 Å². The first-order valence-electron chi connectivity index (χ1n) is 13.8. The van der Waals surface area contributed by atoms with Gasteiger partial charge < -0.3 is 25.5 Å². The quantitative estimate of drug-likeness (QED) is 0.340. The van der Waals surface area contributed by atoms with Crippen molar-refractivity contribution in [2.45, 2.75) is 44.4 Å². The smallest absolute Gasteiger partial charge is 0.284 e. The number of nitrogens with zero attached hydrogens (tertiary/aromatic N) is 3. The summed E-state index contributed by atoms with van der Waals surface area (Å²) in [6.45, 7) is 3.78. The van der Waals surface area contributed by atoms with Crippen molar-refractivity contribution in [1.29, 1.82) is 0 Å². The molecule has 2 aliphatic rings. The van der Waals surface area contributed by atoms with E-state index in [2.05, 4.69) is 15.1 Å². The minimum absolute atomic E-state index is 0.0962. The normalized spacial score (nSPS) is 20.2. The zero-order valence-corrected chi connectivity index (χ0v) is 22.2. The Morgan fingerprint density at radius 3 is 2.60 bits per heavy atom. The second kappa shape index (κ2) is 10.8. The molecule has 4 N–H and O–H groups in total. The van der Waals surface area contributed by atoms with Crippen LogP contribution in [0.4, 0.5) is 5.69 Å². The molecule has 4 heterocycles. The number of aliphatic hydroxyl groups excluding tert-OH is 1. The number of rotatable bonds is 6. The first kappa shape index (κ1) is 26.1. The molecule has 1 aliphatic heterocycles. The highest BCUT2D eigenvalue weighted by Gasteiger charge is 2.27. The molecule has 40 heavy (non-hydrogen) atoms. The van der Waals surface area contributed by atoms with Gasteiger partial charge in [-0.25, -0.2) is 0 Å². The molecule has 1 saturated heterocycles. The van der Waals surface area contributed by atoms with Crippen LogP contribution in [0.3, 0.4) is 0 Å². The van der Waals surface area contributed by atoms with Crippen LogP contribution in [-0.2, 0) is 6.54 Å². The van der Waals surface area contributed by atoms with Gasteiger partial charge in [-0.1, -0.05) is 18.9 Å². The Hall–Kier alpha value is -4.15. The second-order valence-electron chi connectivity index (χ2n) is 10.7. The van der Waals surface area contributed by atoms with Crippen molar-refractivity contribution < 1.29 is 19.1 Å². The van der Waals surface area contributed by atoms with Gasteiger partial charge >= 0.3 is 0 Å². The van der Waals surface area contributed by atoms with Gasteiger partial charge in [0.25, 0.3) is 17.4 Å². The first-order valence-corrected chi connectivity index (χ1v) is 13.8. The number of hydrogen-bond donors (Lipinski definition) is 3. The highest BCUT2D eigenvalue weighted by molar-refractivity contribution is 5.96. The Morgan fingerprint density at radius 1 is 1.02 bits per heavy atom. The summed E-state index contributed by atoms with van der Waals surface area (Å²) in [6, 6.07) is 14.5. The molecular weight excluding hydrogens is 510 g/mol. The van der Waals surface area contributed by atoms with Gasteiger partial charge in [0.2, 0.25) is 0 Å². The maximum absolute atomic E-state index is 13.3. The van der Waals surface area contributed by atoms with Crippen LogP contribution in [0.25, 0.3) is 16.5 Å². The summed E-state index contributed by atoms with van der Waals surface area (Å²) in [6.07, 6.45) is 4.36. The van der Waals surface area contributed by atoms with E-state index < -0.39 is 17.9 Å². The van der Waals surface area contributed by atoms with Crippen molar-refractivity contribution >= 4 is 34.0 Å². The number of aromatic nitrogens is 1. The van der Waals surface area contributed by atoms with Crippen LogP contribution in [-0.4, -0.2) is 64.5 Å². The molecule has 1 aliphatic carbocycles. The number of primary amides is 1. The average Bonchev–Trinajstić information content (AvgIpc) is 3.40. The molecule has 2 amide bonds. The van der Waals surface area contributed by atoms with Crippen LogP contribution in [0.15, 0.2) is 63.9 Å². The van der Waals surface area contributed by atoms with Gasteiger partial charge in [-0.15, -0.1) is 0 Å². The van der Waals surface area contributed by atoms with Crippen LogP contribution in [0.1, 0.15) is 52.2 Å². The maximum Gasteiger partial charge on any atom is 0.284 e. The highest BCUT2D eigenvalue weighted by atomic mass is 16.3. The Kier molecular flexibility index (Phi) is 7.03. The number of anilines is 1. The van der Waals surface area contributed by atoms with E-state index in [0.717, 1.165) is 61.2 Å². The van der Waals surface area contributed by atoms with Crippen LogP contribution in [0, 0.1) is 0 Å². The van der Waals surface area contributed by atoms with Crippen molar-refractivity contribution in [2.24, 2.45) is 5.73 Å². The zero-order valence-electron chi connectivity index (χ0n) is 22.2. The highest BCUT2D eigenvalue weighted by Crippen LogP contribution is 2.26. The molecule has 10 nitrogen and oxygen atoms in total. The molecule has 1 saturated carbocycles. The van der Waals surface area contributed by atoms with Gasteiger partial charge in [0, 0.05) is 50.0 Å². The fraction of sp³-hybridized carbons (Fsp3) is 0.367. The van der Waals surface area contributed by atoms with E-state index in [4.69, 9.17) is 10.2 Å². The van der Waals surface area contributed by atoms with Gasteiger partial charge in [0.1, 0.15) is 11.1 Å². The Bertz CT molecular complexity index is 1630. The van der Waals surface area contributed by atoms with E-state index in [1.54, 1.807) is 24.4 Å². The van der Waals surface area contributed by atoms with Gasteiger partial charge in [-0.05, 0) is 60.9 Å². The van der Waals surface area contributed by atoms with Crippen LogP contribution >= 0.6 is 0 Å². The molecular formula is C30H33N5O5. The van der Waals surface area contributed by atoms with E-state index in [9.17, 15) is 19.5 Å². The summed E-state index contributed by atoms with van der Waals surface area (Å²) in [7, 11) is 0. The molecule has 208 valence electrons. The van der Waals surface area contributed by atoms with Crippen LogP contribution in [0.2, 0.25) is 0 Å². The fourth-order valence-electron chi connectivity index (χ4n) is 5.89. The van der Waals surface area contributed by atoms with Crippen molar-refractivity contribution in [3.63, 3.8) is 0 Å². The monoisotopic (exact) mass is 543 g/mol. The lowest BCUT2D eigenvalue weighted by atomic mass is 9.92. The number of benzene rings is 1. The summed E-state index contributed by atoms with van der Waals surface area (Å²) >= 11 is 0. The number of carbonyl (C=O) groups excluding carboxylic acids is 2. The number of fused-ring (bicyclic) bond motifs is 2. The lowest BCUT2D eigenvalue weighted by Crippen LogP contribution is -2.47. The molecule has 1 aromatic carbocycles. The predicted molar refractivity (Wildman–Crippen MR) is 152 cm³/mol. The van der Waals surface area contributed by atoms with Gasteiger partial charge in [-0.3, -0.25) is 23.7 Å². The van der Waals surface area contributed by atoms with E-state index in [1.165, 1.54) is 4.40 Å². The summed E-state index contributed by atoms with van der Waals surface area (Å²) in [4.78, 5) is 42.5. The SMILES string of the molecule is NC(=O)c1cc2cc(N3CCN(Cc4cc(C(=O)N[C@H]5CCCC[C@@H]5O)c(=O)n5ccccc45)CC3)ccc2o1. The Balaban J connectivity index is 1.19. The number of carbonyl (C=O) groups is 2. The maximum atomic E-state index is 13.3. The molecule has 0 spiro atoms. The number of nitrogens with two attached hydrogens (primary N) is 1. The zero-order chi connectivity index (χ0) is 27.8. The van der Waals surface area contributed by atoms with Crippen molar-refractivity contribution in [1.82, 2.24) is 14.6 Å². The van der Waals surface area contributed by atoms with E-state index in [0.29, 0.717) is 25.0 Å². The molecule has 0 bridgehead atoms. The Labute approximate surface area is 231 Å². The number of piperazine rings is 1. The molecule has 10 heteroatoms. The lowest BCUT2D eigenvalue weighted by molar-refractivity contribution is 0.0716. The first-order chi connectivity index (χ1) is 19.4. The number of amides is 2. The van der Waals surface area contributed by atoms with E-state index in [1.807, 2.05) is 30.3 Å². The molecule has 0 unspecified atom stereocenters. The summed E-state index contributed by atoms with van der Waals surface area (Å²) in [5.74, 6) is -0.877. The van der Waals surface area contributed by atoms with E-state index in [-0.39, 0.29) is 22.9 Å². The van der Waals surface area contributed by atoms with Crippen LogP contribution < -0.4 is 21.5 Å². The van der Waals surface area contributed by atoms with Gasteiger partial charge in [-0.2, -0.15) is 0 Å². The predicted octanol–water partition coefficient (Wildman–Crippen LogP) is 2.50. The minimum Gasteiger partial charge on any atom is -0.451 e. The van der Waals surface area contributed by atoms with Crippen LogP contribution in [0.5, 0.6) is 0 Å². The number of furan rings is 1. The lowest BCUT2D eigenvalue weighted by Gasteiger charge is -2.36. The molecule has 2 fully saturated rings. The number of nitrogens with one attached hydrogen (secondary N) is 1. The summed E-state index contributed by atoms with van der Waals surface area (Å²) in [5.41, 5.74) is 8.44. The minimum atomic E-state index is -0.589.